The number of nitrogens with zero attached hydrogens (tertiary/aromatic N) is 3. The summed E-state index contributed by atoms with van der Waals surface area (Å²) >= 11 is 0. The molecule has 2 amide bonds. The normalized spacial score (nSPS) is 14.5. The van der Waals surface area contributed by atoms with E-state index < -0.39 is 0 Å². The number of hydrogen-bond donors (Lipinski definition) is 1. The van der Waals surface area contributed by atoms with Gasteiger partial charge in [-0.2, -0.15) is 0 Å². The number of carbonyl (C=O) groups excluding carboxylic acids is 2. The third-order valence-electron chi connectivity index (χ3n) is 5.20. The van der Waals surface area contributed by atoms with E-state index in [1.165, 1.54) is 0 Å². The van der Waals surface area contributed by atoms with Gasteiger partial charge in [0.25, 0.3) is 11.8 Å². The molecule has 8 heteroatoms. The van der Waals surface area contributed by atoms with Crippen molar-refractivity contribution in [2.75, 3.05) is 25.2 Å². The number of aromatic nitrogens is 2. The molecule has 2 aromatic rings. The number of fused-ring (bicyclic) bond motifs is 2. The molecule has 8 nitrogen and oxygen atoms in total. The van der Waals surface area contributed by atoms with Gasteiger partial charge >= 0.3 is 0 Å². The van der Waals surface area contributed by atoms with Crippen LogP contribution in [0.25, 0.3) is 0 Å². The summed E-state index contributed by atoms with van der Waals surface area (Å²) in [6, 6.07) is 5.24. The van der Waals surface area contributed by atoms with Gasteiger partial charge in [0.2, 0.25) is 6.79 Å². The molecule has 2 aliphatic heterocycles. The Morgan fingerprint density at radius 1 is 1.18 bits per heavy atom. The van der Waals surface area contributed by atoms with Gasteiger partial charge in [0.1, 0.15) is 5.69 Å². The van der Waals surface area contributed by atoms with Crippen molar-refractivity contribution in [1.29, 1.82) is 0 Å². The van der Waals surface area contributed by atoms with Crippen molar-refractivity contribution in [2.24, 2.45) is 0 Å². The number of nitrogens with one attached hydrogen (secondary N) is 1. The van der Waals surface area contributed by atoms with Crippen molar-refractivity contribution >= 4 is 17.5 Å². The molecular weight excluding hydrogens is 360 g/mol. The van der Waals surface area contributed by atoms with Gasteiger partial charge in [-0.3, -0.25) is 9.59 Å². The molecule has 148 valence electrons. The maximum Gasteiger partial charge on any atom is 0.291 e. The van der Waals surface area contributed by atoms with Crippen LogP contribution in [-0.4, -0.2) is 46.1 Å². The third-order valence-corrected chi connectivity index (χ3v) is 5.20. The van der Waals surface area contributed by atoms with Gasteiger partial charge in [-0.15, -0.1) is 0 Å². The Labute approximate surface area is 163 Å². The number of hydrogen-bond acceptors (Lipinski definition) is 5. The molecule has 0 aliphatic carbocycles. The Bertz CT molecular complexity index is 917. The quantitative estimate of drug-likeness (QED) is 0.857. The second-order valence-corrected chi connectivity index (χ2v) is 6.84. The Hall–Kier alpha value is -3.03. The molecule has 0 unspecified atom stereocenters. The van der Waals surface area contributed by atoms with Gasteiger partial charge in [0.15, 0.2) is 17.3 Å². The predicted molar refractivity (Wildman–Crippen MR) is 103 cm³/mol. The first-order valence-corrected chi connectivity index (χ1v) is 9.72. The molecule has 0 saturated heterocycles. The molecule has 0 radical (unpaired) electrons. The van der Waals surface area contributed by atoms with E-state index in [0.717, 1.165) is 25.0 Å². The van der Waals surface area contributed by atoms with Crippen molar-refractivity contribution < 1.29 is 19.1 Å². The lowest BCUT2D eigenvalue weighted by atomic mass is 10.1. The highest BCUT2D eigenvalue weighted by Crippen LogP contribution is 2.34. The standard InChI is InChI=1S/C20H24N4O4/c1-3-23(4-2)20(26)17-14-7-5-6-10-24(14)18(22-17)19(25)21-13-8-9-15-16(11-13)28-12-27-15/h8-9,11H,3-7,10,12H2,1-2H3,(H,21,25). The lowest BCUT2D eigenvalue weighted by molar-refractivity contribution is 0.0766. The minimum atomic E-state index is -0.333. The molecule has 0 saturated carbocycles. The van der Waals surface area contributed by atoms with Crippen LogP contribution in [0, 0.1) is 0 Å². The topological polar surface area (TPSA) is 85.7 Å². The van der Waals surface area contributed by atoms with Gasteiger partial charge in [-0.1, -0.05) is 0 Å². The molecule has 1 N–H and O–H groups in total. The van der Waals surface area contributed by atoms with Gasteiger partial charge in [0, 0.05) is 31.4 Å². The van der Waals surface area contributed by atoms with Crippen LogP contribution < -0.4 is 14.8 Å². The summed E-state index contributed by atoms with van der Waals surface area (Å²) in [5, 5.41) is 2.86. The highest BCUT2D eigenvalue weighted by atomic mass is 16.7. The fourth-order valence-electron chi connectivity index (χ4n) is 3.71. The first kappa shape index (κ1) is 18.3. The summed E-state index contributed by atoms with van der Waals surface area (Å²) in [5.74, 6) is 1.09. The lowest BCUT2D eigenvalue weighted by Crippen LogP contribution is -2.31. The lowest BCUT2D eigenvalue weighted by Gasteiger charge is -2.20. The van der Waals surface area contributed by atoms with Crippen LogP contribution in [-0.2, 0) is 13.0 Å². The van der Waals surface area contributed by atoms with Crippen LogP contribution in [0.4, 0.5) is 5.69 Å². The highest BCUT2D eigenvalue weighted by molar-refractivity contribution is 6.03. The number of rotatable bonds is 5. The molecule has 28 heavy (non-hydrogen) atoms. The van der Waals surface area contributed by atoms with Crippen molar-refractivity contribution in [3.8, 4) is 11.5 Å². The summed E-state index contributed by atoms with van der Waals surface area (Å²) in [4.78, 5) is 32.0. The zero-order valence-corrected chi connectivity index (χ0v) is 16.2. The number of carbonyl (C=O) groups is 2. The van der Waals surface area contributed by atoms with Crippen LogP contribution in [0.1, 0.15) is 53.5 Å². The second kappa shape index (κ2) is 7.53. The van der Waals surface area contributed by atoms with Crippen LogP contribution >= 0.6 is 0 Å². The van der Waals surface area contributed by atoms with E-state index in [2.05, 4.69) is 10.3 Å². The largest absolute Gasteiger partial charge is 0.454 e. The Morgan fingerprint density at radius 2 is 1.96 bits per heavy atom. The number of imidazole rings is 1. The zero-order chi connectivity index (χ0) is 19.7. The molecule has 4 rings (SSSR count). The fraction of sp³-hybridized carbons (Fsp3) is 0.450. The van der Waals surface area contributed by atoms with Gasteiger partial charge < -0.3 is 24.3 Å². The van der Waals surface area contributed by atoms with Crippen LogP contribution in [0.5, 0.6) is 11.5 Å². The first-order chi connectivity index (χ1) is 13.6. The average Bonchev–Trinajstić information content (AvgIpc) is 3.33. The Kier molecular flexibility index (Phi) is 4.93. The third kappa shape index (κ3) is 3.19. The molecule has 3 heterocycles. The molecule has 0 bridgehead atoms. The van der Waals surface area contributed by atoms with Crippen molar-refractivity contribution in [1.82, 2.24) is 14.5 Å². The van der Waals surface area contributed by atoms with E-state index in [9.17, 15) is 9.59 Å². The van der Waals surface area contributed by atoms with E-state index >= 15 is 0 Å². The number of amides is 2. The van der Waals surface area contributed by atoms with Crippen molar-refractivity contribution in [3.05, 3.63) is 35.4 Å². The second-order valence-electron chi connectivity index (χ2n) is 6.84. The molecule has 1 aromatic carbocycles. The van der Waals surface area contributed by atoms with Gasteiger partial charge in [-0.05, 0) is 45.2 Å². The van der Waals surface area contributed by atoms with E-state index in [4.69, 9.17) is 9.47 Å². The van der Waals surface area contributed by atoms with E-state index in [1.807, 2.05) is 18.4 Å². The zero-order valence-electron chi connectivity index (χ0n) is 16.2. The Morgan fingerprint density at radius 3 is 2.75 bits per heavy atom. The van der Waals surface area contributed by atoms with Crippen LogP contribution in [0.3, 0.4) is 0 Å². The van der Waals surface area contributed by atoms with Crippen LogP contribution in [0.15, 0.2) is 18.2 Å². The SMILES string of the molecule is CCN(CC)C(=O)c1nc(C(=O)Nc2ccc3c(c2)OCO3)n2c1CCCC2. The van der Waals surface area contributed by atoms with E-state index in [1.54, 1.807) is 23.1 Å². The minimum absolute atomic E-state index is 0.113. The molecule has 2 aliphatic rings. The molecule has 0 atom stereocenters. The first-order valence-electron chi connectivity index (χ1n) is 9.72. The summed E-state index contributed by atoms with van der Waals surface area (Å²) < 4.78 is 12.5. The molecule has 0 fully saturated rings. The van der Waals surface area contributed by atoms with Crippen molar-refractivity contribution in [2.45, 2.75) is 39.7 Å². The van der Waals surface area contributed by atoms with Crippen LogP contribution in [0.2, 0.25) is 0 Å². The maximum absolute atomic E-state index is 12.9. The number of ether oxygens (including phenoxy) is 2. The summed E-state index contributed by atoms with van der Waals surface area (Å²) in [6.45, 7) is 5.98. The van der Waals surface area contributed by atoms with Crippen molar-refractivity contribution in [3.63, 3.8) is 0 Å². The highest BCUT2D eigenvalue weighted by Gasteiger charge is 2.29. The van der Waals surface area contributed by atoms with E-state index in [0.29, 0.717) is 42.5 Å². The fourth-order valence-corrected chi connectivity index (χ4v) is 3.71. The number of benzene rings is 1. The number of anilines is 1. The van der Waals surface area contributed by atoms with Gasteiger partial charge in [0.05, 0.1) is 5.69 Å². The summed E-state index contributed by atoms with van der Waals surface area (Å²) in [6.07, 6.45) is 2.71. The monoisotopic (exact) mass is 384 g/mol. The Balaban J connectivity index is 1.63. The average molecular weight is 384 g/mol. The van der Waals surface area contributed by atoms with Gasteiger partial charge in [-0.25, -0.2) is 4.98 Å². The molecular formula is C20H24N4O4. The maximum atomic E-state index is 12.9. The summed E-state index contributed by atoms with van der Waals surface area (Å²) in [7, 11) is 0. The summed E-state index contributed by atoms with van der Waals surface area (Å²) in [5.41, 5.74) is 1.86. The smallest absolute Gasteiger partial charge is 0.291 e. The van der Waals surface area contributed by atoms with E-state index in [-0.39, 0.29) is 24.4 Å². The molecule has 1 aromatic heterocycles. The molecule has 0 spiro atoms. The predicted octanol–water partition coefficient (Wildman–Crippen LogP) is 2.68. The minimum Gasteiger partial charge on any atom is -0.454 e.